The minimum absolute atomic E-state index is 0.0770. The predicted octanol–water partition coefficient (Wildman–Crippen LogP) is 5.11. The molecular weight excluding hydrogens is 378 g/mol. The zero-order valence-corrected chi connectivity index (χ0v) is 16.2. The lowest BCUT2D eigenvalue weighted by Crippen LogP contribution is -1.98. The van der Waals surface area contributed by atoms with Gasteiger partial charge in [-0.25, -0.2) is 4.98 Å². The van der Waals surface area contributed by atoms with E-state index >= 15 is 0 Å². The highest BCUT2D eigenvalue weighted by Gasteiger charge is 2.26. The average molecular weight is 397 g/mol. The lowest BCUT2D eigenvalue weighted by molar-refractivity contribution is 0.388. The summed E-state index contributed by atoms with van der Waals surface area (Å²) in [6.45, 7) is 1.99. The van der Waals surface area contributed by atoms with E-state index in [0.29, 0.717) is 22.5 Å². The van der Waals surface area contributed by atoms with Crippen LogP contribution in [0, 0.1) is 6.92 Å². The van der Waals surface area contributed by atoms with Crippen molar-refractivity contribution < 1.29 is 15.3 Å². The molecule has 0 aliphatic carbocycles. The normalized spacial score (nSPS) is 11.2. The summed E-state index contributed by atoms with van der Waals surface area (Å²) in [7, 11) is 0. The molecule has 2 aromatic heterocycles. The van der Waals surface area contributed by atoms with Crippen LogP contribution in [0.5, 0.6) is 17.4 Å². The van der Waals surface area contributed by atoms with Crippen molar-refractivity contribution in [1.29, 1.82) is 0 Å². The largest absolute Gasteiger partial charge is 0.508 e. The Bertz CT molecular complexity index is 1400. The number of aromatic nitrogens is 3. The summed E-state index contributed by atoms with van der Waals surface area (Å²) in [6, 6.07) is 20.0. The average Bonchev–Trinajstić information content (AvgIpc) is 3.30. The molecule has 0 amide bonds. The molecule has 6 nitrogen and oxygen atoms in total. The number of nitrogens with zero attached hydrogens (tertiary/aromatic N) is 2. The van der Waals surface area contributed by atoms with E-state index in [1.54, 1.807) is 35.2 Å². The first-order valence-corrected chi connectivity index (χ1v) is 9.49. The lowest BCUT2D eigenvalue weighted by Gasteiger charge is -2.13. The van der Waals surface area contributed by atoms with E-state index < -0.39 is 0 Å². The van der Waals surface area contributed by atoms with Crippen LogP contribution in [-0.4, -0.2) is 29.9 Å². The third-order valence-electron chi connectivity index (χ3n) is 5.21. The van der Waals surface area contributed by atoms with Crippen LogP contribution >= 0.6 is 0 Å². The fourth-order valence-corrected chi connectivity index (χ4v) is 3.86. The maximum atomic E-state index is 11.0. The maximum Gasteiger partial charge on any atom is 0.240 e. The van der Waals surface area contributed by atoms with Crippen molar-refractivity contribution >= 4 is 11.0 Å². The fraction of sp³-hybridized carbons (Fsp3) is 0.0417. The van der Waals surface area contributed by atoms with Gasteiger partial charge in [0.25, 0.3) is 0 Å². The minimum Gasteiger partial charge on any atom is -0.508 e. The Morgan fingerprint density at radius 1 is 0.867 bits per heavy atom. The highest BCUT2D eigenvalue weighted by molar-refractivity contribution is 5.91. The van der Waals surface area contributed by atoms with Gasteiger partial charge in [0, 0.05) is 0 Å². The van der Waals surface area contributed by atoms with Crippen LogP contribution < -0.4 is 0 Å². The Morgan fingerprint density at radius 2 is 1.67 bits per heavy atom. The van der Waals surface area contributed by atoms with Crippen LogP contribution in [0.25, 0.3) is 39.1 Å². The Balaban J connectivity index is 1.87. The molecule has 3 aromatic carbocycles. The van der Waals surface area contributed by atoms with Crippen molar-refractivity contribution in [1.82, 2.24) is 14.5 Å². The molecule has 5 rings (SSSR count). The molecule has 0 bridgehead atoms. The summed E-state index contributed by atoms with van der Waals surface area (Å²) in [5.41, 5.74) is 5.83. The number of phenols is 1. The van der Waals surface area contributed by atoms with Crippen molar-refractivity contribution in [3.63, 3.8) is 0 Å². The third kappa shape index (κ3) is 2.78. The zero-order chi connectivity index (χ0) is 20.8. The molecule has 0 aliphatic heterocycles. The molecule has 0 radical (unpaired) electrons. The first-order chi connectivity index (χ1) is 14.5. The molecule has 0 atom stereocenters. The van der Waals surface area contributed by atoms with Gasteiger partial charge in [-0.1, -0.05) is 35.9 Å². The van der Waals surface area contributed by atoms with E-state index in [2.05, 4.69) is 9.97 Å². The number of benzene rings is 3. The zero-order valence-electron chi connectivity index (χ0n) is 16.2. The second kappa shape index (κ2) is 6.70. The molecule has 0 saturated carbocycles. The number of aromatic amines is 1. The Kier molecular flexibility index (Phi) is 3.99. The molecule has 0 unspecified atom stereocenters. The van der Waals surface area contributed by atoms with E-state index in [9.17, 15) is 15.3 Å². The first-order valence-electron chi connectivity index (χ1n) is 9.49. The van der Waals surface area contributed by atoms with Crippen LogP contribution in [0.2, 0.25) is 0 Å². The maximum absolute atomic E-state index is 11.0. The Hall–Kier alpha value is -4.19. The van der Waals surface area contributed by atoms with Crippen LogP contribution in [0.4, 0.5) is 0 Å². The Labute approximate surface area is 172 Å². The Morgan fingerprint density at radius 3 is 2.47 bits per heavy atom. The molecule has 148 valence electrons. The van der Waals surface area contributed by atoms with Crippen molar-refractivity contribution in [2.24, 2.45) is 0 Å². The number of rotatable bonds is 3. The minimum atomic E-state index is -0.274. The van der Waals surface area contributed by atoms with E-state index in [1.165, 1.54) is 0 Å². The van der Waals surface area contributed by atoms with Crippen LogP contribution in [0.3, 0.4) is 0 Å². The van der Waals surface area contributed by atoms with E-state index in [0.717, 1.165) is 22.2 Å². The molecule has 5 aromatic rings. The standard InChI is InChI=1S/C24H19N3O3/c1-14-4-2-6-16(10-14)22-21(15-5-3-7-18(28)11-15)23(29)24(30)27(22)17-8-9-19-20(12-17)26-13-25-19/h2-13,28-30H,1H3,(H,25,26). The molecule has 0 fully saturated rings. The van der Waals surface area contributed by atoms with Gasteiger partial charge in [0.1, 0.15) is 5.75 Å². The van der Waals surface area contributed by atoms with Gasteiger partial charge < -0.3 is 20.3 Å². The summed E-state index contributed by atoms with van der Waals surface area (Å²) in [5, 5.41) is 31.9. The number of H-pyrrole nitrogens is 1. The monoisotopic (exact) mass is 397 g/mol. The molecule has 30 heavy (non-hydrogen) atoms. The number of aryl methyl sites for hydroxylation is 1. The molecule has 2 heterocycles. The number of aromatic hydroxyl groups is 3. The number of fused-ring (bicyclic) bond motifs is 1. The summed E-state index contributed by atoms with van der Waals surface area (Å²) >= 11 is 0. The molecule has 0 aliphatic rings. The lowest BCUT2D eigenvalue weighted by atomic mass is 9.99. The van der Waals surface area contributed by atoms with Crippen LogP contribution in [0.15, 0.2) is 73.1 Å². The molecule has 6 heteroatoms. The van der Waals surface area contributed by atoms with Gasteiger partial charge in [-0.15, -0.1) is 0 Å². The van der Waals surface area contributed by atoms with Gasteiger partial charge in [0.15, 0.2) is 5.75 Å². The number of imidazole rings is 1. The van der Waals surface area contributed by atoms with Gasteiger partial charge >= 0.3 is 0 Å². The second-order valence-electron chi connectivity index (χ2n) is 7.26. The summed E-state index contributed by atoms with van der Waals surface area (Å²) in [4.78, 5) is 7.32. The van der Waals surface area contributed by atoms with E-state index in [4.69, 9.17) is 0 Å². The number of nitrogens with one attached hydrogen (secondary N) is 1. The fourth-order valence-electron chi connectivity index (χ4n) is 3.86. The summed E-state index contributed by atoms with van der Waals surface area (Å²) in [6.07, 6.45) is 1.61. The van der Waals surface area contributed by atoms with Crippen LogP contribution in [-0.2, 0) is 0 Å². The predicted molar refractivity (Wildman–Crippen MR) is 116 cm³/mol. The van der Waals surface area contributed by atoms with Gasteiger partial charge in [-0.2, -0.15) is 0 Å². The number of hydrogen-bond donors (Lipinski definition) is 4. The highest BCUT2D eigenvalue weighted by atomic mass is 16.3. The quantitative estimate of drug-likeness (QED) is 0.340. The van der Waals surface area contributed by atoms with E-state index in [1.807, 2.05) is 49.4 Å². The molecule has 0 saturated heterocycles. The SMILES string of the molecule is Cc1cccc(-c2c(-c3cccc(O)c3)c(O)c(O)n2-c2ccc3nc[nH]c3c2)c1. The van der Waals surface area contributed by atoms with Crippen molar-refractivity contribution in [2.45, 2.75) is 6.92 Å². The third-order valence-corrected chi connectivity index (χ3v) is 5.21. The smallest absolute Gasteiger partial charge is 0.240 e. The highest BCUT2D eigenvalue weighted by Crippen LogP contribution is 2.49. The topological polar surface area (TPSA) is 94.3 Å². The van der Waals surface area contributed by atoms with Gasteiger partial charge in [0.2, 0.25) is 5.88 Å². The summed E-state index contributed by atoms with van der Waals surface area (Å²) in [5.74, 6) is -0.446. The van der Waals surface area contributed by atoms with Gasteiger partial charge in [-0.3, -0.25) is 4.57 Å². The molecule has 4 N–H and O–H groups in total. The van der Waals surface area contributed by atoms with Gasteiger partial charge in [0.05, 0.1) is 34.3 Å². The van der Waals surface area contributed by atoms with Crippen molar-refractivity contribution in [3.05, 3.63) is 78.6 Å². The number of hydrogen-bond acceptors (Lipinski definition) is 4. The second-order valence-corrected chi connectivity index (χ2v) is 7.26. The summed E-state index contributed by atoms with van der Waals surface area (Å²) < 4.78 is 1.61. The van der Waals surface area contributed by atoms with E-state index in [-0.39, 0.29) is 17.4 Å². The number of phenolic OH excluding ortho intramolecular Hbond substituents is 1. The first kappa shape index (κ1) is 17.9. The molecule has 0 spiro atoms. The van der Waals surface area contributed by atoms with Crippen molar-refractivity contribution in [3.8, 4) is 45.5 Å². The van der Waals surface area contributed by atoms with Crippen molar-refractivity contribution in [2.75, 3.05) is 0 Å². The molecular formula is C24H19N3O3. The van der Waals surface area contributed by atoms with Crippen LogP contribution in [0.1, 0.15) is 5.56 Å². The van der Waals surface area contributed by atoms with Gasteiger partial charge in [-0.05, 0) is 54.4 Å².